The van der Waals surface area contributed by atoms with Gasteiger partial charge in [-0.1, -0.05) is 171 Å². The number of ether oxygens (including phenoxy) is 2. The first-order chi connectivity index (χ1) is 48.6. The molecule has 0 fully saturated rings. The van der Waals surface area contributed by atoms with E-state index in [1.165, 1.54) is 48.5 Å². The molecule has 2 unspecified atom stereocenters. The number of hydrogen-bond donors (Lipinski definition) is 0. The SMILES string of the molecule is C=Cc1ccc(Oc2ccc(C3(c4ccc(F)cc4)c4ccccc4-c4ccc(N(c5ccc(F)cc5)c5cccc6oc7cccc(N(c8ccc(F)cc8)c8ccc9c(c8)C(c8ccc(F)cc8)(c8ccc(Oc%10ccc(C=C)cc%10)cc8)c8ccccc8-9)c7c56)cc43)cc2)cc1. The molecule has 2 aliphatic rings. The predicted octanol–water partition coefficient (Wildman–Crippen LogP) is 24.7. The van der Waals surface area contributed by atoms with Crippen molar-refractivity contribution in [2.24, 2.45) is 0 Å². The van der Waals surface area contributed by atoms with Crippen LogP contribution in [0.2, 0.25) is 0 Å². The summed E-state index contributed by atoms with van der Waals surface area (Å²) in [4.78, 5) is 4.28. The average Bonchev–Trinajstić information content (AvgIpc) is 1.56. The maximum absolute atomic E-state index is 15.5. The van der Waals surface area contributed by atoms with Crippen molar-refractivity contribution in [2.45, 2.75) is 10.8 Å². The van der Waals surface area contributed by atoms with Gasteiger partial charge in [-0.3, -0.25) is 0 Å². The van der Waals surface area contributed by atoms with E-state index in [1.54, 1.807) is 36.4 Å². The fraction of sp³-hybridized carbons (Fsp3) is 0.0222. The topological polar surface area (TPSA) is 38.1 Å². The number of hydrogen-bond acceptors (Lipinski definition) is 5. The summed E-state index contributed by atoms with van der Waals surface area (Å²) in [5.74, 6) is 1.11. The second kappa shape index (κ2) is 24.2. The molecule has 15 aromatic rings. The van der Waals surface area contributed by atoms with Crippen LogP contribution < -0.4 is 19.3 Å². The summed E-state index contributed by atoms with van der Waals surface area (Å²) in [5.41, 5.74) is 16.9. The van der Waals surface area contributed by atoms with Crippen molar-refractivity contribution in [1.29, 1.82) is 0 Å². The summed E-state index contributed by atoms with van der Waals surface area (Å²) in [5, 5.41) is 1.49. The zero-order valence-electron chi connectivity index (χ0n) is 53.2. The van der Waals surface area contributed by atoms with Gasteiger partial charge in [0.15, 0.2) is 0 Å². The van der Waals surface area contributed by atoms with Gasteiger partial charge in [0.2, 0.25) is 0 Å². The van der Waals surface area contributed by atoms with E-state index in [0.717, 1.165) is 111 Å². The summed E-state index contributed by atoms with van der Waals surface area (Å²) in [6, 6.07) is 99.8. The summed E-state index contributed by atoms with van der Waals surface area (Å²) in [6.07, 6.45) is 3.58. The Morgan fingerprint density at radius 3 is 0.949 bits per heavy atom. The first-order valence-corrected chi connectivity index (χ1v) is 32.7. The van der Waals surface area contributed by atoms with Crippen molar-refractivity contribution in [2.75, 3.05) is 9.80 Å². The van der Waals surface area contributed by atoms with E-state index in [4.69, 9.17) is 13.9 Å². The minimum Gasteiger partial charge on any atom is -0.457 e. The summed E-state index contributed by atoms with van der Waals surface area (Å²) in [7, 11) is 0. The van der Waals surface area contributed by atoms with E-state index in [1.807, 2.05) is 146 Å². The zero-order valence-corrected chi connectivity index (χ0v) is 53.2. The number of anilines is 6. The van der Waals surface area contributed by atoms with Gasteiger partial charge in [-0.15, -0.1) is 0 Å². The Bertz CT molecular complexity index is 5270. The molecule has 99 heavy (non-hydrogen) atoms. The maximum Gasteiger partial charge on any atom is 0.137 e. The molecule has 0 saturated carbocycles. The normalized spacial score (nSPS) is 14.8. The van der Waals surface area contributed by atoms with Gasteiger partial charge in [-0.2, -0.15) is 0 Å². The fourth-order valence-corrected chi connectivity index (χ4v) is 15.2. The number of rotatable bonds is 16. The molecule has 0 bridgehead atoms. The van der Waals surface area contributed by atoms with Crippen LogP contribution in [0.1, 0.15) is 55.6 Å². The van der Waals surface area contributed by atoms with Crippen molar-refractivity contribution in [3.63, 3.8) is 0 Å². The molecular weight excluding hydrogens is 1230 g/mol. The first kappa shape index (κ1) is 60.0. The second-order valence-electron chi connectivity index (χ2n) is 24.9. The Hall–Kier alpha value is -12.7. The smallest absolute Gasteiger partial charge is 0.137 e. The van der Waals surface area contributed by atoms with Gasteiger partial charge in [-0.05, 0) is 248 Å². The molecule has 0 spiro atoms. The standard InChI is InChI=1S/C90H58F4N2O3/c1-3-57-19-45-71(46-20-57)97-73-49-27-61(28-50-73)89(59-23-31-63(91)32-24-59)79-13-7-5-11-75(79)77-53-43-69(55-81(77)89)95(67-39-35-65(93)36-40-67)83-15-9-17-85-87(83)88-84(16-10-18-86(88)99-85)96(68-41-37-66(94)38-42-68)70-44-54-78-76-12-6-8-14-80(76)90(82(78)56-70,60-25-33-64(92)34-26-60)62-29-51-74(52-30-62)98-72-47-21-58(4-2)22-48-72/h3-56H,1-2H2. The lowest BCUT2D eigenvalue weighted by atomic mass is 9.67. The van der Waals surface area contributed by atoms with Crippen molar-refractivity contribution in [1.82, 2.24) is 0 Å². The largest absolute Gasteiger partial charge is 0.457 e. The highest BCUT2D eigenvalue weighted by atomic mass is 19.1. The Kier molecular flexibility index (Phi) is 14.6. The van der Waals surface area contributed by atoms with Crippen LogP contribution in [0, 0.1) is 23.3 Å². The first-order valence-electron chi connectivity index (χ1n) is 32.7. The van der Waals surface area contributed by atoms with Crippen molar-refractivity contribution in [3.8, 4) is 45.3 Å². The lowest BCUT2D eigenvalue weighted by Crippen LogP contribution is -2.29. The Morgan fingerprint density at radius 1 is 0.293 bits per heavy atom. The minimum atomic E-state index is -0.992. The van der Waals surface area contributed by atoms with Gasteiger partial charge in [0.1, 0.15) is 57.4 Å². The number of halogens is 4. The highest BCUT2D eigenvalue weighted by Crippen LogP contribution is 2.60. The lowest BCUT2D eigenvalue weighted by molar-refractivity contribution is 0.482. The maximum atomic E-state index is 15.5. The molecule has 9 heteroatoms. The van der Waals surface area contributed by atoms with Crippen LogP contribution >= 0.6 is 0 Å². The molecule has 1 heterocycles. The van der Waals surface area contributed by atoms with Crippen LogP contribution in [-0.4, -0.2) is 0 Å². The highest BCUT2D eigenvalue weighted by molar-refractivity contribution is 6.19. The molecule has 474 valence electrons. The van der Waals surface area contributed by atoms with E-state index >= 15 is 17.6 Å². The molecule has 0 saturated heterocycles. The molecule has 0 aliphatic heterocycles. The summed E-state index contributed by atoms with van der Waals surface area (Å²) < 4.78 is 81.5. The average molecular weight is 1290 g/mol. The third-order valence-electron chi connectivity index (χ3n) is 19.5. The van der Waals surface area contributed by atoms with E-state index in [2.05, 4.69) is 120 Å². The van der Waals surface area contributed by atoms with Gasteiger partial charge in [0.25, 0.3) is 0 Å². The number of furan rings is 1. The van der Waals surface area contributed by atoms with Crippen LogP contribution in [-0.2, 0) is 10.8 Å². The van der Waals surface area contributed by atoms with Gasteiger partial charge in [0, 0.05) is 22.7 Å². The van der Waals surface area contributed by atoms with Crippen LogP contribution in [0.4, 0.5) is 51.7 Å². The van der Waals surface area contributed by atoms with Crippen LogP contribution in [0.3, 0.4) is 0 Å². The predicted molar refractivity (Wildman–Crippen MR) is 391 cm³/mol. The third kappa shape index (κ3) is 9.99. The summed E-state index contributed by atoms with van der Waals surface area (Å²) in [6.45, 7) is 7.80. The van der Waals surface area contributed by atoms with Crippen molar-refractivity contribution >= 4 is 68.2 Å². The molecule has 2 aliphatic carbocycles. The molecule has 2 atom stereocenters. The van der Waals surface area contributed by atoms with Gasteiger partial charge in [0.05, 0.1) is 33.0 Å². The Balaban J connectivity index is 0.861. The minimum absolute atomic E-state index is 0.361. The van der Waals surface area contributed by atoms with E-state index < -0.39 is 22.5 Å². The molecule has 5 nitrogen and oxygen atoms in total. The van der Waals surface area contributed by atoms with E-state index in [-0.39, 0.29) is 11.6 Å². The molecular formula is C90H58F4N2O3. The molecule has 17 rings (SSSR count). The molecule has 0 radical (unpaired) electrons. The molecule has 1 aromatic heterocycles. The molecule has 0 N–H and O–H groups in total. The zero-order chi connectivity index (χ0) is 66.9. The van der Waals surface area contributed by atoms with Crippen molar-refractivity contribution in [3.05, 3.63) is 408 Å². The van der Waals surface area contributed by atoms with Gasteiger partial charge >= 0.3 is 0 Å². The highest BCUT2D eigenvalue weighted by Gasteiger charge is 2.48. The summed E-state index contributed by atoms with van der Waals surface area (Å²) >= 11 is 0. The number of fused-ring (bicyclic) bond motifs is 9. The Labute approximate surface area is 569 Å². The van der Waals surface area contributed by atoms with Gasteiger partial charge in [-0.25, -0.2) is 17.6 Å². The second-order valence-corrected chi connectivity index (χ2v) is 24.9. The lowest BCUT2D eigenvalue weighted by Gasteiger charge is -2.35. The van der Waals surface area contributed by atoms with Crippen LogP contribution in [0.15, 0.2) is 333 Å². The van der Waals surface area contributed by atoms with Crippen LogP contribution in [0.25, 0.3) is 56.3 Å². The van der Waals surface area contributed by atoms with Crippen LogP contribution in [0.5, 0.6) is 23.0 Å². The third-order valence-corrected chi connectivity index (χ3v) is 19.5. The van der Waals surface area contributed by atoms with E-state index in [0.29, 0.717) is 45.5 Å². The number of nitrogens with zero attached hydrogens (tertiary/aromatic N) is 2. The number of benzene rings is 14. The van der Waals surface area contributed by atoms with E-state index in [9.17, 15) is 0 Å². The van der Waals surface area contributed by atoms with Crippen molar-refractivity contribution < 1.29 is 31.5 Å². The fourth-order valence-electron chi connectivity index (χ4n) is 15.2. The molecule has 0 amide bonds. The quantitative estimate of drug-likeness (QED) is 0.0902. The molecule has 14 aromatic carbocycles. The monoisotopic (exact) mass is 1290 g/mol. The van der Waals surface area contributed by atoms with Gasteiger partial charge < -0.3 is 23.7 Å². The Morgan fingerprint density at radius 2 is 0.596 bits per heavy atom.